The summed E-state index contributed by atoms with van der Waals surface area (Å²) in [5, 5.41) is 14.9. The highest BCUT2D eigenvalue weighted by Crippen LogP contribution is 2.44. The van der Waals surface area contributed by atoms with Gasteiger partial charge in [-0.05, 0) is 41.5 Å². The number of alkyl carbamates (subject to hydrolysis) is 1. The van der Waals surface area contributed by atoms with Crippen molar-refractivity contribution in [2.75, 3.05) is 13.2 Å². The molecule has 1 saturated carbocycles. The Kier molecular flexibility index (Phi) is 7.20. The fourth-order valence-corrected chi connectivity index (χ4v) is 5.24. The van der Waals surface area contributed by atoms with Crippen LogP contribution in [0.5, 0.6) is 0 Å². The lowest BCUT2D eigenvalue weighted by Gasteiger charge is -2.30. The third kappa shape index (κ3) is 5.24. The maximum absolute atomic E-state index is 12.6. The van der Waals surface area contributed by atoms with Crippen molar-refractivity contribution in [2.45, 2.75) is 56.9 Å². The van der Waals surface area contributed by atoms with Gasteiger partial charge in [-0.2, -0.15) is 0 Å². The fourth-order valence-electron chi connectivity index (χ4n) is 5.24. The van der Waals surface area contributed by atoms with Gasteiger partial charge in [0.2, 0.25) is 5.91 Å². The largest absolute Gasteiger partial charge is 0.481 e. The van der Waals surface area contributed by atoms with Crippen molar-refractivity contribution in [3.8, 4) is 11.1 Å². The van der Waals surface area contributed by atoms with Gasteiger partial charge in [0.1, 0.15) is 6.61 Å². The van der Waals surface area contributed by atoms with Gasteiger partial charge in [-0.3, -0.25) is 9.59 Å². The zero-order valence-corrected chi connectivity index (χ0v) is 19.5. The van der Waals surface area contributed by atoms with Crippen LogP contribution in [-0.2, 0) is 14.3 Å². The highest BCUT2D eigenvalue weighted by atomic mass is 16.5. The Labute approximate surface area is 199 Å². The van der Waals surface area contributed by atoms with Gasteiger partial charge in [-0.1, -0.05) is 68.3 Å². The van der Waals surface area contributed by atoms with Crippen LogP contribution in [-0.4, -0.2) is 41.8 Å². The number of ether oxygens (including phenoxy) is 1. The summed E-state index contributed by atoms with van der Waals surface area (Å²) < 4.78 is 5.53. The number of carbonyl (C=O) groups is 3. The number of hydrogen-bond acceptors (Lipinski definition) is 4. The topological polar surface area (TPSA) is 105 Å². The Morgan fingerprint density at radius 1 is 1.03 bits per heavy atom. The van der Waals surface area contributed by atoms with E-state index in [2.05, 4.69) is 34.9 Å². The summed E-state index contributed by atoms with van der Waals surface area (Å²) in [5.41, 5.74) is 4.02. The molecule has 1 atom stereocenters. The van der Waals surface area contributed by atoms with Crippen LogP contribution in [0.3, 0.4) is 0 Å². The third-order valence-corrected chi connectivity index (χ3v) is 7.08. The van der Waals surface area contributed by atoms with E-state index in [9.17, 15) is 19.5 Å². The van der Waals surface area contributed by atoms with Crippen molar-refractivity contribution >= 4 is 18.0 Å². The lowest BCUT2D eigenvalue weighted by atomic mass is 9.92. The molecule has 2 aromatic carbocycles. The molecule has 1 fully saturated rings. The second kappa shape index (κ2) is 10.3. The van der Waals surface area contributed by atoms with Crippen molar-refractivity contribution in [2.24, 2.45) is 5.92 Å². The van der Waals surface area contributed by atoms with Crippen LogP contribution in [0, 0.1) is 5.92 Å². The molecule has 0 saturated heterocycles. The lowest BCUT2D eigenvalue weighted by molar-refractivity contribution is -0.139. The van der Waals surface area contributed by atoms with Crippen molar-refractivity contribution in [3.05, 3.63) is 59.7 Å². The fraction of sp³-hybridized carbons (Fsp3) is 0.444. The molecule has 7 nitrogen and oxygen atoms in total. The van der Waals surface area contributed by atoms with Crippen LogP contribution in [0.1, 0.15) is 62.5 Å². The van der Waals surface area contributed by atoms with E-state index in [-0.39, 0.29) is 30.8 Å². The number of amides is 2. The maximum Gasteiger partial charge on any atom is 0.407 e. The number of hydrogen-bond donors (Lipinski definition) is 3. The van der Waals surface area contributed by atoms with Gasteiger partial charge in [0.05, 0.1) is 12.0 Å². The molecule has 2 aliphatic rings. The van der Waals surface area contributed by atoms with E-state index in [1.165, 1.54) is 11.1 Å². The van der Waals surface area contributed by atoms with Gasteiger partial charge in [-0.25, -0.2) is 4.79 Å². The van der Waals surface area contributed by atoms with Gasteiger partial charge in [-0.15, -0.1) is 0 Å². The van der Waals surface area contributed by atoms with E-state index in [1.807, 2.05) is 24.3 Å². The summed E-state index contributed by atoms with van der Waals surface area (Å²) in [5.74, 6) is -1.41. The van der Waals surface area contributed by atoms with Gasteiger partial charge >= 0.3 is 12.1 Å². The zero-order valence-electron chi connectivity index (χ0n) is 19.5. The molecule has 4 rings (SSSR count). The quantitative estimate of drug-likeness (QED) is 0.508. The SMILES string of the molecule is CC(CCNC(=O)OCC1c2ccccc2-c2ccccc21)C(=O)NC1(CC(=O)O)CCCC1. The molecule has 3 N–H and O–H groups in total. The van der Waals surface area contributed by atoms with Crippen molar-refractivity contribution in [3.63, 3.8) is 0 Å². The number of rotatable bonds is 9. The van der Waals surface area contributed by atoms with Crippen molar-refractivity contribution < 1.29 is 24.2 Å². The Morgan fingerprint density at radius 3 is 2.21 bits per heavy atom. The Hall–Kier alpha value is -3.35. The van der Waals surface area contributed by atoms with E-state index < -0.39 is 17.6 Å². The van der Waals surface area contributed by atoms with Gasteiger partial charge in [0.25, 0.3) is 0 Å². The Bertz CT molecular complexity index is 1010. The standard InChI is InChI=1S/C27H32N2O5/c1-18(25(32)29-27(16-24(30)31)13-6-7-14-27)12-15-28-26(33)34-17-23-21-10-4-2-8-19(21)20-9-3-5-11-22(20)23/h2-5,8-11,18,23H,6-7,12-17H2,1H3,(H,28,33)(H,29,32)(H,30,31). The van der Waals surface area contributed by atoms with E-state index in [0.717, 1.165) is 24.0 Å². The summed E-state index contributed by atoms with van der Waals surface area (Å²) in [7, 11) is 0. The summed E-state index contributed by atoms with van der Waals surface area (Å²) in [6, 6.07) is 16.3. The minimum Gasteiger partial charge on any atom is -0.481 e. The molecule has 0 heterocycles. The Morgan fingerprint density at radius 2 is 1.62 bits per heavy atom. The molecule has 7 heteroatoms. The smallest absolute Gasteiger partial charge is 0.407 e. The third-order valence-electron chi connectivity index (χ3n) is 7.08. The van der Waals surface area contributed by atoms with Crippen molar-refractivity contribution in [1.29, 1.82) is 0 Å². The molecule has 0 aromatic heterocycles. The molecule has 34 heavy (non-hydrogen) atoms. The van der Waals surface area contributed by atoms with Gasteiger partial charge < -0.3 is 20.5 Å². The summed E-state index contributed by atoms with van der Waals surface area (Å²) in [6.07, 6.45) is 3.11. The number of benzene rings is 2. The second-order valence-corrected chi connectivity index (χ2v) is 9.49. The number of aliphatic carboxylic acids is 1. The monoisotopic (exact) mass is 464 g/mol. The normalized spacial score (nSPS) is 16.9. The van der Waals surface area contributed by atoms with E-state index in [4.69, 9.17) is 4.74 Å². The molecule has 0 radical (unpaired) electrons. The first-order valence-corrected chi connectivity index (χ1v) is 12.0. The number of nitrogens with one attached hydrogen (secondary N) is 2. The van der Waals surface area contributed by atoms with E-state index in [1.54, 1.807) is 6.92 Å². The number of carbonyl (C=O) groups excluding carboxylic acids is 2. The summed E-state index contributed by atoms with van der Waals surface area (Å²) >= 11 is 0. The van der Waals surface area contributed by atoms with Crippen LogP contribution in [0.4, 0.5) is 4.79 Å². The zero-order chi connectivity index (χ0) is 24.1. The highest BCUT2D eigenvalue weighted by Gasteiger charge is 2.38. The molecular weight excluding hydrogens is 432 g/mol. The van der Waals surface area contributed by atoms with Crippen LogP contribution in [0.2, 0.25) is 0 Å². The Balaban J connectivity index is 1.24. The van der Waals surface area contributed by atoms with E-state index in [0.29, 0.717) is 25.8 Å². The average Bonchev–Trinajstić information content (AvgIpc) is 3.39. The van der Waals surface area contributed by atoms with Crippen LogP contribution in [0.15, 0.2) is 48.5 Å². The molecule has 0 aliphatic heterocycles. The van der Waals surface area contributed by atoms with Crippen LogP contribution in [0.25, 0.3) is 11.1 Å². The first-order valence-electron chi connectivity index (χ1n) is 12.0. The average molecular weight is 465 g/mol. The molecule has 2 aliphatic carbocycles. The number of carboxylic acid groups (broad SMARTS) is 1. The van der Waals surface area contributed by atoms with Gasteiger partial charge in [0.15, 0.2) is 0 Å². The lowest BCUT2D eigenvalue weighted by Crippen LogP contribution is -2.49. The minimum absolute atomic E-state index is 0.000289. The predicted octanol–water partition coefficient (Wildman–Crippen LogP) is 4.46. The summed E-state index contributed by atoms with van der Waals surface area (Å²) in [6.45, 7) is 2.34. The molecule has 2 amide bonds. The first-order chi connectivity index (χ1) is 16.4. The second-order valence-electron chi connectivity index (χ2n) is 9.49. The molecular formula is C27H32N2O5. The highest BCUT2D eigenvalue weighted by molar-refractivity contribution is 5.81. The van der Waals surface area contributed by atoms with Crippen LogP contribution < -0.4 is 10.6 Å². The predicted molar refractivity (Wildman–Crippen MR) is 128 cm³/mol. The summed E-state index contributed by atoms with van der Waals surface area (Å²) in [4.78, 5) is 36.2. The molecule has 0 bridgehead atoms. The first kappa shape index (κ1) is 23.8. The minimum atomic E-state index is -0.897. The molecule has 0 spiro atoms. The molecule has 2 aromatic rings. The molecule has 1 unspecified atom stereocenters. The van der Waals surface area contributed by atoms with Gasteiger partial charge in [0, 0.05) is 18.4 Å². The molecule has 180 valence electrons. The number of fused-ring (bicyclic) bond motifs is 3. The van der Waals surface area contributed by atoms with Crippen LogP contribution >= 0.6 is 0 Å². The number of carboxylic acids is 1. The van der Waals surface area contributed by atoms with Crippen molar-refractivity contribution in [1.82, 2.24) is 10.6 Å². The maximum atomic E-state index is 12.6. The van der Waals surface area contributed by atoms with E-state index >= 15 is 0 Å².